The van der Waals surface area contributed by atoms with Crippen molar-refractivity contribution >= 4 is 16.8 Å². The molecule has 2 atom stereocenters. The zero-order valence-electron chi connectivity index (χ0n) is 12.4. The predicted molar refractivity (Wildman–Crippen MR) is 82.7 cm³/mol. The molecule has 1 amide bonds. The maximum Gasteiger partial charge on any atom is 0.270 e. The van der Waals surface area contributed by atoms with Gasteiger partial charge >= 0.3 is 0 Å². The van der Waals surface area contributed by atoms with E-state index in [9.17, 15) is 9.90 Å². The summed E-state index contributed by atoms with van der Waals surface area (Å²) in [5.41, 5.74) is 1.12. The van der Waals surface area contributed by atoms with Crippen LogP contribution in [0.15, 0.2) is 30.3 Å². The summed E-state index contributed by atoms with van der Waals surface area (Å²) in [7, 11) is 0. The highest BCUT2D eigenvalue weighted by Crippen LogP contribution is 2.36. The number of benzene rings is 1. The normalized spacial score (nSPS) is 28.6. The molecule has 2 fully saturated rings. The standard InChI is InChI=1S/C17H20N2O3/c20-15-11-19(8-7-17(15)6-3-9-22-17)16(21)14-10-12-4-1-2-5-13(12)18-14/h1-2,4-5,10,15,18,20H,3,6-9,11H2/t15-,17-/m0/s1. The number of piperidine rings is 1. The maximum absolute atomic E-state index is 12.7. The van der Waals surface area contributed by atoms with Crippen LogP contribution in [0.25, 0.3) is 10.9 Å². The largest absolute Gasteiger partial charge is 0.388 e. The highest BCUT2D eigenvalue weighted by molar-refractivity contribution is 5.98. The van der Waals surface area contributed by atoms with Gasteiger partial charge in [-0.05, 0) is 31.4 Å². The first-order valence-electron chi connectivity index (χ1n) is 7.87. The van der Waals surface area contributed by atoms with Gasteiger partial charge in [-0.1, -0.05) is 18.2 Å². The Morgan fingerprint density at radius 1 is 1.36 bits per heavy atom. The molecule has 0 saturated carbocycles. The van der Waals surface area contributed by atoms with Gasteiger partial charge in [-0.15, -0.1) is 0 Å². The number of fused-ring (bicyclic) bond motifs is 1. The Balaban J connectivity index is 1.53. The number of aliphatic hydroxyl groups excluding tert-OH is 1. The predicted octanol–water partition coefficient (Wildman–Crippen LogP) is 1.92. The zero-order valence-corrected chi connectivity index (χ0v) is 12.4. The van der Waals surface area contributed by atoms with Crippen LogP contribution in [0, 0.1) is 0 Å². The molecule has 2 aliphatic heterocycles. The van der Waals surface area contributed by atoms with E-state index in [-0.39, 0.29) is 5.91 Å². The van der Waals surface area contributed by atoms with Crippen LogP contribution in [-0.4, -0.2) is 52.3 Å². The monoisotopic (exact) mass is 300 g/mol. The first-order valence-corrected chi connectivity index (χ1v) is 7.87. The van der Waals surface area contributed by atoms with E-state index >= 15 is 0 Å². The molecule has 5 nitrogen and oxygen atoms in total. The van der Waals surface area contributed by atoms with Crippen LogP contribution in [0.4, 0.5) is 0 Å². The lowest BCUT2D eigenvalue weighted by Gasteiger charge is -2.42. The number of nitrogens with one attached hydrogen (secondary N) is 1. The molecular weight excluding hydrogens is 280 g/mol. The first-order chi connectivity index (χ1) is 10.7. The molecule has 1 spiro atoms. The van der Waals surface area contributed by atoms with E-state index in [0.29, 0.717) is 31.8 Å². The average Bonchev–Trinajstić information content (AvgIpc) is 3.17. The second kappa shape index (κ2) is 5.11. The van der Waals surface area contributed by atoms with E-state index in [2.05, 4.69) is 4.98 Å². The van der Waals surface area contributed by atoms with Crippen LogP contribution in [0.3, 0.4) is 0 Å². The number of hydrogen-bond donors (Lipinski definition) is 2. The minimum atomic E-state index is -0.600. The van der Waals surface area contributed by atoms with Crippen LogP contribution in [0.1, 0.15) is 29.8 Å². The number of H-pyrrole nitrogens is 1. The van der Waals surface area contributed by atoms with Gasteiger partial charge < -0.3 is 19.7 Å². The molecule has 22 heavy (non-hydrogen) atoms. The van der Waals surface area contributed by atoms with Crippen molar-refractivity contribution in [1.82, 2.24) is 9.88 Å². The molecule has 3 heterocycles. The molecule has 0 radical (unpaired) electrons. The summed E-state index contributed by atoms with van der Waals surface area (Å²) in [4.78, 5) is 17.5. The summed E-state index contributed by atoms with van der Waals surface area (Å²) in [5.74, 6) is -0.0527. The number of hydrogen-bond acceptors (Lipinski definition) is 3. The molecule has 1 aromatic heterocycles. The highest BCUT2D eigenvalue weighted by Gasteiger charge is 2.46. The highest BCUT2D eigenvalue weighted by atomic mass is 16.5. The third-order valence-electron chi connectivity index (χ3n) is 4.99. The van der Waals surface area contributed by atoms with Gasteiger partial charge in [0.25, 0.3) is 5.91 Å². The van der Waals surface area contributed by atoms with Gasteiger partial charge in [0, 0.05) is 30.6 Å². The fraction of sp³-hybridized carbons (Fsp3) is 0.471. The Hall–Kier alpha value is -1.85. The number of carbonyl (C=O) groups is 1. The van der Waals surface area contributed by atoms with Gasteiger partial charge in [-0.3, -0.25) is 4.79 Å². The zero-order chi connectivity index (χ0) is 15.2. The van der Waals surface area contributed by atoms with Gasteiger partial charge in [0.15, 0.2) is 0 Å². The number of para-hydroxylation sites is 1. The van der Waals surface area contributed by atoms with Crippen molar-refractivity contribution in [2.45, 2.75) is 31.0 Å². The number of nitrogens with zero attached hydrogens (tertiary/aromatic N) is 1. The Morgan fingerprint density at radius 2 is 2.23 bits per heavy atom. The second-order valence-electron chi connectivity index (χ2n) is 6.30. The third kappa shape index (κ3) is 2.12. The van der Waals surface area contributed by atoms with Crippen molar-refractivity contribution in [3.63, 3.8) is 0 Å². The van der Waals surface area contributed by atoms with Crippen LogP contribution in [-0.2, 0) is 4.74 Å². The number of amides is 1. The lowest BCUT2D eigenvalue weighted by Crippen LogP contribution is -2.56. The van der Waals surface area contributed by atoms with Gasteiger partial charge in [0.05, 0.1) is 5.60 Å². The Bertz CT molecular complexity index is 670. The summed E-state index contributed by atoms with van der Waals surface area (Å²) in [6, 6.07) is 9.71. The molecule has 116 valence electrons. The molecule has 0 aliphatic carbocycles. The number of carbonyl (C=O) groups excluding carboxylic acids is 1. The molecule has 0 bridgehead atoms. The molecule has 5 heteroatoms. The summed E-state index contributed by atoms with van der Waals surface area (Å²) in [5, 5.41) is 11.5. The molecule has 1 aromatic carbocycles. The van der Waals surface area contributed by atoms with Gasteiger partial charge in [-0.2, -0.15) is 0 Å². The van der Waals surface area contributed by atoms with Gasteiger partial charge in [0.1, 0.15) is 11.8 Å². The summed E-state index contributed by atoms with van der Waals surface area (Å²) >= 11 is 0. The number of aromatic amines is 1. The van der Waals surface area contributed by atoms with Crippen molar-refractivity contribution in [3.8, 4) is 0 Å². The minimum Gasteiger partial charge on any atom is -0.388 e. The molecule has 2 aliphatic rings. The van der Waals surface area contributed by atoms with E-state index in [1.54, 1.807) is 4.90 Å². The van der Waals surface area contributed by atoms with Crippen LogP contribution in [0.2, 0.25) is 0 Å². The Morgan fingerprint density at radius 3 is 2.95 bits per heavy atom. The number of β-amino-alcohol motifs (C(OH)–C–C–N with tert-alkyl or cyclic N) is 1. The van der Waals surface area contributed by atoms with Crippen LogP contribution >= 0.6 is 0 Å². The number of aromatic nitrogens is 1. The lowest BCUT2D eigenvalue weighted by molar-refractivity contribution is -0.123. The summed E-state index contributed by atoms with van der Waals surface area (Å²) in [6.07, 6.45) is 1.99. The molecule has 2 saturated heterocycles. The second-order valence-corrected chi connectivity index (χ2v) is 6.30. The fourth-order valence-electron chi connectivity index (χ4n) is 3.68. The fourth-order valence-corrected chi connectivity index (χ4v) is 3.68. The van der Waals surface area contributed by atoms with Crippen molar-refractivity contribution in [2.24, 2.45) is 0 Å². The van der Waals surface area contributed by atoms with E-state index in [1.807, 2.05) is 30.3 Å². The summed E-state index contributed by atoms with van der Waals surface area (Å²) in [6.45, 7) is 1.69. The smallest absolute Gasteiger partial charge is 0.270 e. The van der Waals surface area contributed by atoms with Crippen molar-refractivity contribution in [1.29, 1.82) is 0 Å². The average molecular weight is 300 g/mol. The van der Waals surface area contributed by atoms with E-state index in [0.717, 1.165) is 23.7 Å². The number of rotatable bonds is 1. The van der Waals surface area contributed by atoms with Crippen molar-refractivity contribution in [3.05, 3.63) is 36.0 Å². The van der Waals surface area contributed by atoms with Crippen LogP contribution < -0.4 is 0 Å². The Labute approximate surface area is 128 Å². The van der Waals surface area contributed by atoms with E-state index < -0.39 is 11.7 Å². The van der Waals surface area contributed by atoms with Crippen molar-refractivity contribution in [2.75, 3.05) is 19.7 Å². The van der Waals surface area contributed by atoms with Crippen LogP contribution in [0.5, 0.6) is 0 Å². The third-order valence-corrected chi connectivity index (χ3v) is 4.99. The molecule has 2 N–H and O–H groups in total. The number of ether oxygens (including phenoxy) is 1. The van der Waals surface area contributed by atoms with Crippen molar-refractivity contribution < 1.29 is 14.6 Å². The molecular formula is C17H20N2O3. The lowest BCUT2D eigenvalue weighted by atomic mass is 9.86. The molecule has 4 rings (SSSR count). The molecule has 0 unspecified atom stereocenters. The maximum atomic E-state index is 12.7. The van der Waals surface area contributed by atoms with E-state index in [1.165, 1.54) is 0 Å². The summed E-state index contributed by atoms with van der Waals surface area (Å²) < 4.78 is 5.78. The topological polar surface area (TPSA) is 65.6 Å². The SMILES string of the molecule is O=C(c1cc2ccccc2[nH]1)N1CC[C@@]2(CCCO2)[C@@H](O)C1. The Kier molecular flexibility index (Phi) is 3.20. The van der Waals surface area contributed by atoms with E-state index in [4.69, 9.17) is 4.74 Å². The first kappa shape index (κ1) is 13.8. The van der Waals surface area contributed by atoms with Gasteiger partial charge in [-0.25, -0.2) is 0 Å². The number of aliphatic hydroxyl groups is 1. The minimum absolute atomic E-state index is 0.0527. The van der Waals surface area contributed by atoms with Gasteiger partial charge in [0.2, 0.25) is 0 Å². The number of likely N-dealkylation sites (tertiary alicyclic amines) is 1. The molecule has 2 aromatic rings. The quantitative estimate of drug-likeness (QED) is 0.845.